The molecule has 0 saturated carbocycles. The highest BCUT2D eigenvalue weighted by atomic mass is 16.6. The summed E-state index contributed by atoms with van der Waals surface area (Å²) in [7, 11) is 0. The van der Waals surface area contributed by atoms with Gasteiger partial charge in [-0.3, -0.25) is 9.47 Å². The minimum atomic E-state index is -0.322. The Morgan fingerprint density at radius 2 is 2.25 bits per heavy atom. The number of anilines is 1. The summed E-state index contributed by atoms with van der Waals surface area (Å²) in [6.07, 6.45) is 3.16. The van der Waals surface area contributed by atoms with Crippen molar-refractivity contribution in [3.63, 3.8) is 0 Å². The second kappa shape index (κ2) is 4.26. The topological polar surface area (TPSA) is 56.6 Å². The largest absolute Gasteiger partial charge is 0.458 e. The van der Waals surface area contributed by atoms with Crippen LogP contribution in [0.5, 0.6) is 6.01 Å². The van der Waals surface area contributed by atoms with E-state index in [-0.39, 0.29) is 12.2 Å². The van der Waals surface area contributed by atoms with E-state index in [0.29, 0.717) is 25.7 Å². The van der Waals surface area contributed by atoms with E-state index in [0.717, 1.165) is 11.3 Å². The lowest BCUT2D eigenvalue weighted by molar-refractivity contribution is 0.136. The third-order valence-electron chi connectivity index (χ3n) is 3.59. The zero-order valence-corrected chi connectivity index (χ0v) is 10.7. The van der Waals surface area contributed by atoms with Gasteiger partial charge >= 0.3 is 6.09 Å². The molecule has 0 bridgehead atoms. The minimum absolute atomic E-state index is 0.0996. The molecule has 0 fully saturated rings. The van der Waals surface area contributed by atoms with Gasteiger partial charge < -0.3 is 9.47 Å². The molecule has 1 atom stereocenters. The lowest BCUT2D eigenvalue weighted by atomic mass is 10.1. The summed E-state index contributed by atoms with van der Waals surface area (Å²) in [5.41, 5.74) is 1.92. The molecule has 0 aliphatic carbocycles. The van der Waals surface area contributed by atoms with E-state index < -0.39 is 0 Å². The fraction of sp³-hybridized carbons (Fsp3) is 0.286. The third-order valence-corrected chi connectivity index (χ3v) is 3.59. The van der Waals surface area contributed by atoms with Crippen LogP contribution in [0.15, 0.2) is 36.7 Å². The molecule has 0 spiro atoms. The number of hydrogen-bond acceptors (Lipinski definition) is 4. The summed E-state index contributed by atoms with van der Waals surface area (Å²) in [6.45, 7) is 1.49. The molecule has 2 aliphatic rings. The third kappa shape index (κ3) is 1.72. The summed E-state index contributed by atoms with van der Waals surface area (Å²) in [4.78, 5) is 17.7. The summed E-state index contributed by atoms with van der Waals surface area (Å²) in [5, 5.41) is 0. The maximum absolute atomic E-state index is 12.0. The first-order chi connectivity index (χ1) is 9.81. The fourth-order valence-corrected chi connectivity index (χ4v) is 2.64. The smallest absolute Gasteiger partial charge is 0.414 e. The summed E-state index contributed by atoms with van der Waals surface area (Å²) >= 11 is 0. The van der Waals surface area contributed by atoms with Gasteiger partial charge in [-0.2, -0.15) is 0 Å². The van der Waals surface area contributed by atoms with Crippen molar-refractivity contribution in [1.82, 2.24) is 9.55 Å². The van der Waals surface area contributed by atoms with Gasteiger partial charge in [0.1, 0.15) is 12.7 Å². The molecule has 1 aromatic heterocycles. The van der Waals surface area contributed by atoms with Crippen molar-refractivity contribution < 1.29 is 14.3 Å². The first-order valence-electron chi connectivity index (χ1n) is 6.51. The van der Waals surface area contributed by atoms with Gasteiger partial charge in [-0.25, -0.2) is 9.78 Å². The zero-order valence-electron chi connectivity index (χ0n) is 10.7. The Balaban J connectivity index is 1.57. The lowest BCUT2D eigenvalue weighted by Crippen LogP contribution is -2.42. The van der Waals surface area contributed by atoms with E-state index >= 15 is 0 Å². The summed E-state index contributed by atoms with van der Waals surface area (Å²) in [5.74, 6) is 0. The van der Waals surface area contributed by atoms with Gasteiger partial charge in [-0.15, -0.1) is 0 Å². The number of ether oxygens (including phenoxy) is 2. The molecule has 6 heteroatoms. The highest BCUT2D eigenvalue weighted by Crippen LogP contribution is 2.28. The number of nitrogens with zero attached hydrogens (tertiary/aromatic N) is 3. The van der Waals surface area contributed by atoms with Crippen LogP contribution in [-0.2, 0) is 17.9 Å². The van der Waals surface area contributed by atoms with Gasteiger partial charge in [0.25, 0.3) is 6.01 Å². The van der Waals surface area contributed by atoms with E-state index in [1.54, 1.807) is 11.1 Å². The van der Waals surface area contributed by atoms with Crippen LogP contribution < -0.4 is 9.64 Å². The molecule has 0 N–H and O–H groups in total. The molecule has 2 aliphatic heterocycles. The standard InChI is InChI=1S/C14H13N3O3/c18-14-17(12-4-2-1-3-10(12)9-19-14)8-11-7-16-6-5-15-13(16)20-11/h1-6,11H,7-9H2. The van der Waals surface area contributed by atoms with Gasteiger partial charge in [-0.1, -0.05) is 18.2 Å². The predicted octanol–water partition coefficient (Wildman–Crippen LogP) is 1.80. The maximum atomic E-state index is 12.0. The van der Waals surface area contributed by atoms with Gasteiger partial charge in [-0.05, 0) is 6.07 Å². The van der Waals surface area contributed by atoms with E-state index in [4.69, 9.17) is 9.47 Å². The molecule has 102 valence electrons. The number of fused-ring (bicyclic) bond motifs is 2. The second-order valence-corrected chi connectivity index (χ2v) is 4.90. The van der Waals surface area contributed by atoms with Gasteiger partial charge in [0.15, 0.2) is 0 Å². The van der Waals surface area contributed by atoms with Crippen molar-refractivity contribution >= 4 is 11.8 Å². The normalized spacial score (nSPS) is 20.1. The van der Waals surface area contributed by atoms with E-state index in [2.05, 4.69) is 4.98 Å². The zero-order chi connectivity index (χ0) is 13.5. The molecule has 2 aromatic rings. The van der Waals surface area contributed by atoms with Crippen molar-refractivity contribution in [2.75, 3.05) is 11.4 Å². The van der Waals surface area contributed by atoms with Crippen LogP contribution in [0.4, 0.5) is 10.5 Å². The van der Waals surface area contributed by atoms with Crippen LogP contribution in [0.25, 0.3) is 0 Å². The number of benzene rings is 1. The van der Waals surface area contributed by atoms with Crippen LogP contribution in [0.3, 0.4) is 0 Å². The van der Waals surface area contributed by atoms with Crippen LogP contribution in [0.1, 0.15) is 5.56 Å². The molecule has 3 heterocycles. The van der Waals surface area contributed by atoms with Gasteiger partial charge in [0.2, 0.25) is 0 Å². The summed E-state index contributed by atoms with van der Waals surface area (Å²) < 4.78 is 12.8. The highest BCUT2D eigenvalue weighted by molar-refractivity contribution is 5.90. The van der Waals surface area contributed by atoms with Crippen LogP contribution in [0, 0.1) is 0 Å². The van der Waals surface area contributed by atoms with Crippen LogP contribution >= 0.6 is 0 Å². The quantitative estimate of drug-likeness (QED) is 0.835. The molecule has 0 radical (unpaired) electrons. The van der Waals surface area contributed by atoms with Crippen molar-refractivity contribution in [3.05, 3.63) is 42.2 Å². The number of hydrogen-bond donors (Lipinski definition) is 0. The predicted molar refractivity (Wildman–Crippen MR) is 70.6 cm³/mol. The average molecular weight is 271 g/mol. The van der Waals surface area contributed by atoms with Crippen molar-refractivity contribution in [3.8, 4) is 6.01 Å². The molecule has 4 rings (SSSR count). The van der Waals surface area contributed by atoms with E-state index in [1.165, 1.54) is 0 Å². The van der Waals surface area contributed by atoms with Crippen molar-refractivity contribution in [2.24, 2.45) is 0 Å². The number of para-hydroxylation sites is 1. The van der Waals surface area contributed by atoms with Crippen LogP contribution in [0.2, 0.25) is 0 Å². The van der Waals surface area contributed by atoms with Crippen molar-refractivity contribution in [1.29, 1.82) is 0 Å². The molecule has 1 amide bonds. The Kier molecular flexibility index (Phi) is 2.42. The second-order valence-electron chi connectivity index (χ2n) is 4.90. The lowest BCUT2D eigenvalue weighted by Gasteiger charge is -2.30. The van der Waals surface area contributed by atoms with E-state index in [1.807, 2.05) is 35.0 Å². The molecule has 0 saturated heterocycles. The van der Waals surface area contributed by atoms with E-state index in [9.17, 15) is 4.79 Å². The Hall–Kier alpha value is -2.50. The molecular weight excluding hydrogens is 258 g/mol. The number of amides is 1. The Morgan fingerprint density at radius 1 is 1.35 bits per heavy atom. The number of imidazole rings is 1. The Bertz CT molecular complexity index is 647. The number of carbonyl (C=O) groups is 1. The number of cyclic esters (lactones) is 1. The monoisotopic (exact) mass is 271 g/mol. The molecule has 1 unspecified atom stereocenters. The maximum Gasteiger partial charge on any atom is 0.414 e. The number of aromatic nitrogens is 2. The van der Waals surface area contributed by atoms with Gasteiger partial charge in [0, 0.05) is 18.0 Å². The minimum Gasteiger partial charge on any atom is -0.458 e. The fourth-order valence-electron chi connectivity index (χ4n) is 2.64. The van der Waals surface area contributed by atoms with Crippen molar-refractivity contribution in [2.45, 2.75) is 19.3 Å². The summed E-state index contributed by atoms with van der Waals surface area (Å²) in [6, 6.07) is 8.37. The SMILES string of the molecule is O=C1OCc2ccccc2N1CC1Cn2ccnc2O1. The first kappa shape index (κ1) is 11.3. The van der Waals surface area contributed by atoms with Gasteiger partial charge in [0.05, 0.1) is 18.8 Å². The Morgan fingerprint density at radius 3 is 3.15 bits per heavy atom. The van der Waals surface area contributed by atoms with Crippen LogP contribution in [-0.4, -0.2) is 28.3 Å². The first-order valence-corrected chi connectivity index (χ1v) is 6.51. The molecular formula is C14H13N3O3. The Labute approximate surface area is 115 Å². The average Bonchev–Trinajstić information content (AvgIpc) is 3.03. The molecule has 20 heavy (non-hydrogen) atoms. The number of carbonyl (C=O) groups excluding carboxylic acids is 1. The highest BCUT2D eigenvalue weighted by Gasteiger charge is 2.31. The molecule has 1 aromatic carbocycles. The number of rotatable bonds is 2. The molecule has 6 nitrogen and oxygen atoms in total.